The summed E-state index contributed by atoms with van der Waals surface area (Å²) in [5.74, 6) is 1.24. The van der Waals surface area contributed by atoms with Crippen molar-refractivity contribution in [1.82, 2.24) is 25.1 Å². The molecule has 0 atom stereocenters. The van der Waals surface area contributed by atoms with Gasteiger partial charge in [-0.3, -0.25) is 9.36 Å². The Morgan fingerprint density at radius 3 is 2.67 bits per heavy atom. The predicted molar refractivity (Wildman–Crippen MR) is 149 cm³/mol. The number of rotatable bonds is 12. The van der Waals surface area contributed by atoms with Crippen LogP contribution in [-0.4, -0.2) is 32.2 Å². The van der Waals surface area contributed by atoms with Crippen LogP contribution in [0.25, 0.3) is 5.69 Å². The molecule has 2 aromatic heterocycles. The van der Waals surface area contributed by atoms with Crippen LogP contribution in [0, 0.1) is 0 Å². The van der Waals surface area contributed by atoms with Crippen LogP contribution in [0.3, 0.4) is 0 Å². The summed E-state index contributed by atoms with van der Waals surface area (Å²) in [5, 5.41) is 16.2. The van der Waals surface area contributed by atoms with Crippen LogP contribution in [0.1, 0.15) is 59.5 Å². The summed E-state index contributed by atoms with van der Waals surface area (Å²) in [4.78, 5) is 16.9. The molecule has 0 aliphatic rings. The zero-order valence-electron chi connectivity index (χ0n) is 19.9. The van der Waals surface area contributed by atoms with Crippen LogP contribution in [-0.2, 0) is 12.2 Å². The van der Waals surface area contributed by atoms with Crippen molar-refractivity contribution in [2.24, 2.45) is 0 Å². The second kappa shape index (κ2) is 13.2. The SMILES string of the molecule is CCCCCCNC(=O)c1csc(CSc2nnc(Cc3ccccc3)n2-c2ccc(Cl)c(Cl)c2)n1. The zero-order chi connectivity index (χ0) is 25.3. The first-order chi connectivity index (χ1) is 17.5. The van der Waals surface area contributed by atoms with E-state index in [-0.39, 0.29) is 5.91 Å². The fraction of sp³-hybridized carbons (Fsp3) is 0.308. The van der Waals surface area contributed by atoms with Crippen LogP contribution in [0.2, 0.25) is 10.0 Å². The van der Waals surface area contributed by atoms with E-state index in [1.54, 1.807) is 6.07 Å². The number of unbranched alkanes of at least 4 members (excludes halogenated alkanes) is 3. The summed E-state index contributed by atoms with van der Waals surface area (Å²) >= 11 is 15.5. The summed E-state index contributed by atoms with van der Waals surface area (Å²) in [5.41, 5.74) is 2.43. The lowest BCUT2D eigenvalue weighted by molar-refractivity contribution is 0.0948. The molecule has 4 rings (SSSR count). The molecular weight excluding hydrogens is 533 g/mol. The van der Waals surface area contributed by atoms with Crippen molar-refractivity contribution < 1.29 is 4.79 Å². The smallest absolute Gasteiger partial charge is 0.270 e. The highest BCUT2D eigenvalue weighted by Crippen LogP contribution is 2.30. The molecule has 188 valence electrons. The molecular formula is C26H27Cl2N5OS2. The van der Waals surface area contributed by atoms with E-state index in [1.165, 1.54) is 35.9 Å². The van der Waals surface area contributed by atoms with E-state index < -0.39 is 0 Å². The van der Waals surface area contributed by atoms with E-state index in [0.29, 0.717) is 34.5 Å². The van der Waals surface area contributed by atoms with Crippen LogP contribution in [0.15, 0.2) is 59.1 Å². The fourth-order valence-electron chi connectivity index (χ4n) is 3.62. The van der Waals surface area contributed by atoms with Gasteiger partial charge in [0.25, 0.3) is 5.91 Å². The van der Waals surface area contributed by atoms with Crippen LogP contribution in [0.4, 0.5) is 0 Å². The van der Waals surface area contributed by atoms with Crippen molar-refractivity contribution in [3.8, 4) is 5.69 Å². The molecule has 36 heavy (non-hydrogen) atoms. The molecule has 0 spiro atoms. The third kappa shape index (κ3) is 7.09. The molecule has 0 aliphatic heterocycles. The van der Waals surface area contributed by atoms with Gasteiger partial charge in [-0.1, -0.05) is 91.5 Å². The molecule has 0 saturated carbocycles. The monoisotopic (exact) mass is 559 g/mol. The standard InChI is InChI=1S/C26H27Cl2N5OS2/c1-2-3-4-8-13-29-25(34)22-16-35-24(30-22)17-36-26-32-31-23(14-18-9-6-5-7-10-18)33(26)19-11-12-20(27)21(28)15-19/h5-7,9-12,15-16H,2-4,8,13-14,17H2,1H3,(H,29,34). The highest BCUT2D eigenvalue weighted by atomic mass is 35.5. The number of hydrogen-bond acceptors (Lipinski definition) is 6. The van der Waals surface area contributed by atoms with Gasteiger partial charge in [0.15, 0.2) is 5.16 Å². The number of thioether (sulfide) groups is 1. The molecule has 10 heteroatoms. The van der Waals surface area contributed by atoms with Crippen LogP contribution in [0.5, 0.6) is 0 Å². The molecule has 6 nitrogen and oxygen atoms in total. The Kier molecular flexibility index (Phi) is 9.81. The summed E-state index contributed by atoms with van der Waals surface area (Å²) in [6, 6.07) is 15.6. The molecule has 1 amide bonds. The minimum absolute atomic E-state index is 0.122. The number of carbonyl (C=O) groups is 1. The molecule has 1 N–H and O–H groups in total. The third-order valence-electron chi connectivity index (χ3n) is 5.49. The number of carbonyl (C=O) groups excluding carboxylic acids is 1. The first kappa shape index (κ1) is 26.7. The summed E-state index contributed by atoms with van der Waals surface area (Å²) < 4.78 is 2.00. The number of amides is 1. The zero-order valence-corrected chi connectivity index (χ0v) is 23.1. The first-order valence-electron chi connectivity index (χ1n) is 11.8. The van der Waals surface area contributed by atoms with Crippen molar-refractivity contribution in [1.29, 1.82) is 0 Å². The highest BCUT2D eigenvalue weighted by Gasteiger charge is 2.17. The topological polar surface area (TPSA) is 72.7 Å². The van der Waals surface area contributed by atoms with Gasteiger partial charge in [-0.2, -0.15) is 0 Å². The maximum atomic E-state index is 12.4. The summed E-state index contributed by atoms with van der Waals surface area (Å²) in [7, 11) is 0. The molecule has 0 saturated heterocycles. The average Bonchev–Trinajstić information content (AvgIpc) is 3.52. The molecule has 0 unspecified atom stereocenters. The van der Waals surface area contributed by atoms with Gasteiger partial charge in [-0.05, 0) is 30.2 Å². The van der Waals surface area contributed by atoms with Crippen molar-refractivity contribution in [2.45, 2.75) is 49.9 Å². The van der Waals surface area contributed by atoms with Gasteiger partial charge in [-0.15, -0.1) is 21.5 Å². The third-order valence-corrected chi connectivity index (χ3v) is 8.20. The van der Waals surface area contributed by atoms with Crippen molar-refractivity contribution >= 4 is 52.2 Å². The van der Waals surface area contributed by atoms with E-state index in [9.17, 15) is 4.79 Å². The van der Waals surface area contributed by atoms with Crippen molar-refractivity contribution in [2.75, 3.05) is 6.54 Å². The number of aromatic nitrogens is 4. The number of halogens is 2. The maximum absolute atomic E-state index is 12.4. The lowest BCUT2D eigenvalue weighted by Crippen LogP contribution is -2.24. The summed E-state index contributed by atoms with van der Waals surface area (Å²) in [6.07, 6.45) is 5.10. The number of nitrogens with zero attached hydrogens (tertiary/aromatic N) is 4. The number of nitrogens with one attached hydrogen (secondary N) is 1. The predicted octanol–water partition coefficient (Wildman–Crippen LogP) is 7.22. The molecule has 0 bridgehead atoms. The molecule has 0 aliphatic carbocycles. The lowest BCUT2D eigenvalue weighted by atomic mass is 10.1. The second-order valence-corrected chi connectivity index (χ2v) is 10.9. The van der Waals surface area contributed by atoms with Crippen molar-refractivity contribution in [3.05, 3.63) is 86.0 Å². The first-order valence-corrected chi connectivity index (χ1v) is 14.5. The number of benzene rings is 2. The van der Waals surface area contributed by atoms with Gasteiger partial charge in [0.1, 0.15) is 16.5 Å². The highest BCUT2D eigenvalue weighted by molar-refractivity contribution is 7.98. The normalized spacial score (nSPS) is 11.1. The van der Waals surface area contributed by atoms with Gasteiger partial charge in [0.2, 0.25) is 0 Å². The Hall–Kier alpha value is -2.39. The molecule has 0 fully saturated rings. The Balaban J connectivity index is 1.47. The Morgan fingerprint density at radius 1 is 1.06 bits per heavy atom. The van der Waals surface area contributed by atoms with Crippen molar-refractivity contribution in [3.63, 3.8) is 0 Å². The van der Waals surface area contributed by atoms with E-state index in [0.717, 1.165) is 40.1 Å². The quantitative estimate of drug-likeness (QED) is 0.146. The average molecular weight is 561 g/mol. The molecule has 4 aromatic rings. The van der Waals surface area contributed by atoms with E-state index in [1.807, 2.05) is 40.3 Å². The largest absolute Gasteiger partial charge is 0.351 e. The minimum Gasteiger partial charge on any atom is -0.351 e. The van der Waals surface area contributed by atoms with Crippen LogP contribution < -0.4 is 5.32 Å². The Labute approximate surface area is 229 Å². The van der Waals surface area contributed by atoms with Gasteiger partial charge in [-0.25, -0.2) is 4.98 Å². The molecule has 2 aromatic carbocycles. The number of thiazole rings is 1. The minimum atomic E-state index is -0.122. The van der Waals surface area contributed by atoms with Crippen LogP contribution >= 0.6 is 46.3 Å². The van der Waals surface area contributed by atoms with Gasteiger partial charge in [0.05, 0.1) is 21.5 Å². The lowest BCUT2D eigenvalue weighted by Gasteiger charge is -2.11. The Bertz CT molecular complexity index is 1290. The maximum Gasteiger partial charge on any atom is 0.270 e. The van der Waals surface area contributed by atoms with E-state index in [2.05, 4.69) is 39.6 Å². The van der Waals surface area contributed by atoms with E-state index >= 15 is 0 Å². The molecule has 0 radical (unpaired) electrons. The van der Waals surface area contributed by atoms with Gasteiger partial charge in [0, 0.05) is 18.3 Å². The summed E-state index contributed by atoms with van der Waals surface area (Å²) in [6.45, 7) is 2.85. The number of hydrogen-bond donors (Lipinski definition) is 1. The van der Waals surface area contributed by atoms with Gasteiger partial charge < -0.3 is 5.32 Å². The molecule has 2 heterocycles. The second-order valence-electron chi connectivity index (χ2n) is 8.23. The van der Waals surface area contributed by atoms with E-state index in [4.69, 9.17) is 23.2 Å². The fourth-order valence-corrected chi connectivity index (χ4v) is 5.68. The van der Waals surface area contributed by atoms with Gasteiger partial charge >= 0.3 is 0 Å². The Morgan fingerprint density at radius 2 is 1.89 bits per heavy atom.